The van der Waals surface area contributed by atoms with Gasteiger partial charge < -0.3 is 10.5 Å². The summed E-state index contributed by atoms with van der Waals surface area (Å²) < 4.78 is 4.76. The molecule has 0 aromatic heterocycles. The number of carbonyl (C=O) groups is 2. The smallest absolute Gasteiger partial charge is 0.373 e. The summed E-state index contributed by atoms with van der Waals surface area (Å²) in [5.74, 6) is -0.868. The van der Waals surface area contributed by atoms with Crippen molar-refractivity contribution in [1.82, 2.24) is 0 Å². The van der Waals surface area contributed by atoms with Gasteiger partial charge in [0.05, 0.1) is 6.61 Å². The molecule has 1 atom stereocenters. The molecule has 0 radical (unpaired) electrons. The molecule has 0 aliphatic heterocycles. The van der Waals surface area contributed by atoms with Gasteiger partial charge in [-0.15, -0.1) is 0 Å². The average Bonchev–Trinajstić information content (AvgIpc) is 2.28. The molecule has 1 aromatic carbocycles. The number of rotatable bonds is 4. The lowest BCUT2D eigenvalue weighted by Crippen LogP contribution is -2.69. The molecular weight excluding hydrogens is 206 g/mol. The highest BCUT2D eigenvalue weighted by Crippen LogP contribution is 2.09. The topological polar surface area (TPSA) is 71.0 Å². The van der Waals surface area contributed by atoms with Crippen molar-refractivity contribution in [3.8, 4) is 0 Å². The van der Waals surface area contributed by atoms with Crippen LogP contribution in [0, 0.1) is 6.92 Å². The molecule has 16 heavy (non-hydrogen) atoms. The number of aryl methyl sites for hydroxylation is 1. The van der Waals surface area contributed by atoms with Gasteiger partial charge in [0.2, 0.25) is 11.8 Å². The van der Waals surface area contributed by atoms with Crippen LogP contribution in [0.3, 0.4) is 0 Å². The molecule has 0 heterocycles. The number of ketones is 1. The van der Waals surface area contributed by atoms with E-state index < -0.39 is 12.0 Å². The van der Waals surface area contributed by atoms with E-state index in [1.165, 1.54) is 0 Å². The molecule has 0 fully saturated rings. The van der Waals surface area contributed by atoms with Crippen molar-refractivity contribution < 1.29 is 20.1 Å². The van der Waals surface area contributed by atoms with Gasteiger partial charge in [0.15, 0.2) is 0 Å². The third-order valence-corrected chi connectivity index (χ3v) is 2.30. The van der Waals surface area contributed by atoms with E-state index in [1.54, 1.807) is 19.1 Å². The zero-order valence-electron chi connectivity index (χ0n) is 9.53. The molecule has 0 amide bonds. The van der Waals surface area contributed by atoms with Crippen molar-refractivity contribution in [2.24, 2.45) is 0 Å². The molecule has 0 aliphatic carbocycles. The molecule has 0 spiro atoms. The Morgan fingerprint density at radius 2 is 2.00 bits per heavy atom. The zero-order valence-corrected chi connectivity index (χ0v) is 9.53. The lowest BCUT2D eigenvalue weighted by Gasteiger charge is -2.08. The average molecular weight is 222 g/mol. The number of benzene rings is 1. The Kier molecular flexibility index (Phi) is 4.19. The number of carbonyl (C=O) groups excluding carboxylic acids is 2. The first-order valence-corrected chi connectivity index (χ1v) is 5.17. The summed E-state index contributed by atoms with van der Waals surface area (Å²) in [5, 5.41) is 0. The summed E-state index contributed by atoms with van der Waals surface area (Å²) in [7, 11) is 0. The summed E-state index contributed by atoms with van der Waals surface area (Å²) >= 11 is 0. The van der Waals surface area contributed by atoms with Gasteiger partial charge >= 0.3 is 5.97 Å². The van der Waals surface area contributed by atoms with Crippen LogP contribution in [0.2, 0.25) is 0 Å². The van der Waals surface area contributed by atoms with Crippen molar-refractivity contribution in [3.63, 3.8) is 0 Å². The zero-order chi connectivity index (χ0) is 12.1. The largest absolute Gasteiger partial charge is 0.461 e. The van der Waals surface area contributed by atoms with E-state index >= 15 is 0 Å². The molecule has 1 unspecified atom stereocenters. The van der Waals surface area contributed by atoms with Crippen LogP contribution in [0.5, 0.6) is 0 Å². The molecule has 0 bridgehead atoms. The van der Waals surface area contributed by atoms with Crippen LogP contribution in [0.4, 0.5) is 0 Å². The summed E-state index contributed by atoms with van der Waals surface area (Å²) in [4.78, 5) is 23.3. The maximum Gasteiger partial charge on any atom is 0.373 e. The second kappa shape index (κ2) is 5.42. The van der Waals surface area contributed by atoms with E-state index in [-0.39, 0.29) is 12.4 Å². The maximum atomic E-state index is 11.9. The van der Waals surface area contributed by atoms with Crippen LogP contribution in [0.15, 0.2) is 24.3 Å². The quantitative estimate of drug-likeness (QED) is 0.454. The summed E-state index contributed by atoms with van der Waals surface area (Å²) in [5.41, 5.74) is 4.91. The number of Topliss-reactive ketones (excluding diaryl/α,β-unsaturated/α-hetero) is 1. The fraction of sp³-hybridized carbons (Fsp3) is 0.333. The van der Waals surface area contributed by atoms with E-state index in [0.717, 1.165) is 5.56 Å². The van der Waals surface area contributed by atoms with Gasteiger partial charge in [0.25, 0.3) is 0 Å². The molecule has 1 rings (SSSR count). The monoisotopic (exact) mass is 222 g/mol. The van der Waals surface area contributed by atoms with Gasteiger partial charge in [-0.2, -0.15) is 0 Å². The predicted molar refractivity (Wildman–Crippen MR) is 58.8 cm³/mol. The lowest BCUT2D eigenvalue weighted by atomic mass is 10.0. The molecule has 1 aromatic rings. The summed E-state index contributed by atoms with van der Waals surface area (Å²) in [6, 6.07) is 6.13. The van der Waals surface area contributed by atoms with E-state index in [9.17, 15) is 9.59 Å². The molecule has 4 nitrogen and oxygen atoms in total. The Morgan fingerprint density at radius 1 is 1.38 bits per heavy atom. The number of quaternary nitrogens is 1. The van der Waals surface area contributed by atoms with Crippen molar-refractivity contribution in [3.05, 3.63) is 35.4 Å². The molecule has 86 valence electrons. The van der Waals surface area contributed by atoms with Crippen LogP contribution in [-0.2, 0) is 9.53 Å². The van der Waals surface area contributed by atoms with E-state index in [1.807, 2.05) is 19.1 Å². The molecular formula is C12H16NO3+. The maximum absolute atomic E-state index is 11.9. The first-order valence-electron chi connectivity index (χ1n) is 5.17. The van der Waals surface area contributed by atoms with Gasteiger partial charge in [-0.3, -0.25) is 4.79 Å². The van der Waals surface area contributed by atoms with Crippen LogP contribution in [0.25, 0.3) is 0 Å². The standard InChI is InChI=1S/C12H15NO3/c1-3-16-12(15)10(13)11(14)9-7-5-4-6-8(9)2/h4-7,10H,3,13H2,1-2H3/p+1. The molecule has 3 N–H and O–H groups in total. The predicted octanol–water partition coefficient (Wildman–Crippen LogP) is 0.351. The Hall–Kier alpha value is -1.68. The van der Waals surface area contributed by atoms with E-state index in [4.69, 9.17) is 4.74 Å². The summed E-state index contributed by atoms with van der Waals surface area (Å²) in [6.07, 6.45) is 0. The fourth-order valence-corrected chi connectivity index (χ4v) is 1.39. The van der Waals surface area contributed by atoms with Crippen molar-refractivity contribution >= 4 is 11.8 Å². The highest BCUT2D eigenvalue weighted by atomic mass is 16.5. The normalized spacial score (nSPS) is 11.9. The first kappa shape index (κ1) is 12.4. The second-order valence-corrected chi connectivity index (χ2v) is 3.48. The molecule has 4 heteroatoms. The van der Waals surface area contributed by atoms with Crippen molar-refractivity contribution in [2.45, 2.75) is 19.9 Å². The van der Waals surface area contributed by atoms with Gasteiger partial charge in [-0.05, 0) is 19.4 Å². The van der Waals surface area contributed by atoms with Crippen LogP contribution in [-0.4, -0.2) is 24.4 Å². The summed E-state index contributed by atoms with van der Waals surface area (Å²) in [6.45, 7) is 3.78. The Balaban J connectivity index is 2.86. The van der Waals surface area contributed by atoms with Crippen LogP contribution in [0.1, 0.15) is 22.8 Å². The van der Waals surface area contributed by atoms with E-state index in [0.29, 0.717) is 5.56 Å². The van der Waals surface area contributed by atoms with Gasteiger partial charge in [0.1, 0.15) is 0 Å². The van der Waals surface area contributed by atoms with Gasteiger partial charge in [-0.1, -0.05) is 24.3 Å². The van der Waals surface area contributed by atoms with Crippen molar-refractivity contribution in [2.75, 3.05) is 6.61 Å². The fourth-order valence-electron chi connectivity index (χ4n) is 1.39. The van der Waals surface area contributed by atoms with Gasteiger partial charge in [-0.25, -0.2) is 4.79 Å². The van der Waals surface area contributed by atoms with Crippen LogP contribution >= 0.6 is 0 Å². The first-order chi connectivity index (χ1) is 7.57. The number of ether oxygens (including phenoxy) is 1. The molecule has 0 aliphatic rings. The SMILES string of the molecule is CCOC(=O)C([NH3+])C(=O)c1ccccc1C. The number of hydrogen-bond acceptors (Lipinski definition) is 3. The van der Waals surface area contributed by atoms with E-state index in [2.05, 4.69) is 5.73 Å². The van der Waals surface area contributed by atoms with Crippen molar-refractivity contribution in [1.29, 1.82) is 0 Å². The minimum atomic E-state index is -0.985. The Morgan fingerprint density at radius 3 is 2.56 bits per heavy atom. The molecule has 0 saturated heterocycles. The van der Waals surface area contributed by atoms with Gasteiger partial charge in [0, 0.05) is 5.56 Å². The van der Waals surface area contributed by atoms with Crippen LogP contribution < -0.4 is 5.73 Å². The Labute approximate surface area is 94.4 Å². The third kappa shape index (κ3) is 2.67. The third-order valence-electron chi connectivity index (χ3n) is 2.30. The lowest BCUT2D eigenvalue weighted by molar-refractivity contribution is -0.388. The Bertz CT molecular complexity index is 401. The number of esters is 1. The molecule has 0 saturated carbocycles. The minimum Gasteiger partial charge on any atom is -0.461 e. The highest BCUT2D eigenvalue weighted by molar-refractivity contribution is 6.11. The minimum absolute atomic E-state index is 0.256. The highest BCUT2D eigenvalue weighted by Gasteiger charge is 2.29. The number of hydrogen-bond donors (Lipinski definition) is 1. The second-order valence-electron chi connectivity index (χ2n) is 3.48.